The summed E-state index contributed by atoms with van der Waals surface area (Å²) < 4.78 is 10.3. The smallest absolute Gasteiger partial charge is 0.263 e. The number of hydrogen-bond acceptors (Lipinski definition) is 7. The quantitative estimate of drug-likeness (QED) is 0.924. The van der Waals surface area contributed by atoms with E-state index in [4.69, 9.17) is 9.26 Å². The number of nitrogens with one attached hydrogen (secondary N) is 1. The van der Waals surface area contributed by atoms with Gasteiger partial charge >= 0.3 is 0 Å². The lowest BCUT2D eigenvalue weighted by Gasteiger charge is -2.34. The van der Waals surface area contributed by atoms with Crippen molar-refractivity contribution in [3.63, 3.8) is 0 Å². The van der Waals surface area contributed by atoms with Gasteiger partial charge < -0.3 is 14.6 Å². The molecule has 2 aromatic heterocycles. The number of hydrogen-bond donors (Lipinski definition) is 1. The Morgan fingerprint density at radius 3 is 2.82 bits per heavy atom. The molecule has 1 amide bonds. The minimum absolute atomic E-state index is 0.129. The highest BCUT2D eigenvalue weighted by Gasteiger charge is 2.40. The molecule has 2 aliphatic rings. The molecule has 116 valence electrons. The summed E-state index contributed by atoms with van der Waals surface area (Å²) in [5.74, 6) is 0.938. The summed E-state index contributed by atoms with van der Waals surface area (Å²) in [5, 5.41) is 8.08. The summed E-state index contributed by atoms with van der Waals surface area (Å²) >= 11 is 1.48. The van der Waals surface area contributed by atoms with Gasteiger partial charge in [0, 0.05) is 32.0 Å². The van der Waals surface area contributed by atoms with Crippen LogP contribution < -0.4 is 5.32 Å². The maximum Gasteiger partial charge on any atom is 0.263 e. The fourth-order valence-electron chi connectivity index (χ4n) is 2.70. The summed E-state index contributed by atoms with van der Waals surface area (Å²) in [7, 11) is 0. The van der Waals surface area contributed by atoms with Crippen LogP contribution in [0.3, 0.4) is 0 Å². The van der Waals surface area contributed by atoms with E-state index in [9.17, 15) is 4.79 Å². The van der Waals surface area contributed by atoms with E-state index in [1.807, 2.05) is 0 Å². The lowest BCUT2D eigenvalue weighted by molar-refractivity contribution is 0.0307. The second-order valence-electron chi connectivity index (χ2n) is 5.74. The fraction of sp³-hybridized carbons (Fsp3) is 0.571. The Hall–Kier alpha value is -1.80. The highest BCUT2D eigenvalue weighted by molar-refractivity contribution is 7.13. The van der Waals surface area contributed by atoms with Gasteiger partial charge in [-0.3, -0.25) is 4.79 Å². The van der Waals surface area contributed by atoms with Gasteiger partial charge in [-0.1, -0.05) is 5.16 Å². The Morgan fingerprint density at radius 2 is 2.14 bits per heavy atom. The second-order valence-corrected chi connectivity index (χ2v) is 6.80. The molecule has 1 saturated carbocycles. The molecule has 0 atom stereocenters. The minimum Gasteiger partial charge on any atom is -0.381 e. The SMILES string of the molecule is O=C(NC1(c2ncon2)CCOCC1)c1cnc(C2CC2)s1. The zero-order valence-electron chi connectivity index (χ0n) is 11.9. The van der Waals surface area contributed by atoms with Crippen LogP contribution in [0.5, 0.6) is 0 Å². The van der Waals surface area contributed by atoms with Gasteiger partial charge in [0.1, 0.15) is 10.4 Å². The summed E-state index contributed by atoms with van der Waals surface area (Å²) in [6.07, 6.45) is 6.57. The fourth-order valence-corrected chi connectivity index (χ4v) is 3.68. The predicted octanol–water partition coefficient (Wildman–Crippen LogP) is 1.84. The Bertz CT molecular complexity index is 659. The van der Waals surface area contributed by atoms with Gasteiger partial charge in [0.25, 0.3) is 5.91 Å². The molecular formula is C14H16N4O3S. The number of nitrogens with zero attached hydrogens (tertiary/aromatic N) is 3. The molecule has 0 unspecified atom stereocenters. The van der Waals surface area contributed by atoms with E-state index in [-0.39, 0.29) is 5.91 Å². The van der Waals surface area contributed by atoms with Gasteiger partial charge in [-0.25, -0.2) is 4.98 Å². The standard InChI is InChI=1S/C14H16N4O3S/c19-11(10-7-15-12(22-10)9-1-2-9)17-14(3-5-20-6-4-14)13-16-8-21-18-13/h7-9H,1-6H2,(H,17,19). The van der Waals surface area contributed by atoms with Gasteiger partial charge in [0.05, 0.1) is 11.2 Å². The molecule has 3 heterocycles. The van der Waals surface area contributed by atoms with Crippen LogP contribution in [0.1, 0.15) is 52.1 Å². The molecule has 7 nitrogen and oxygen atoms in total. The molecule has 22 heavy (non-hydrogen) atoms. The highest BCUT2D eigenvalue weighted by atomic mass is 32.1. The molecule has 2 fully saturated rings. The molecule has 0 bridgehead atoms. The Morgan fingerprint density at radius 1 is 1.32 bits per heavy atom. The normalized spacial score (nSPS) is 20.7. The number of carbonyl (C=O) groups excluding carboxylic acids is 1. The third-order valence-electron chi connectivity index (χ3n) is 4.16. The van der Waals surface area contributed by atoms with Crippen LogP contribution in [-0.2, 0) is 10.3 Å². The monoisotopic (exact) mass is 320 g/mol. The van der Waals surface area contributed by atoms with E-state index < -0.39 is 5.54 Å². The summed E-state index contributed by atoms with van der Waals surface area (Å²) in [5.41, 5.74) is -0.619. The van der Waals surface area contributed by atoms with Crippen molar-refractivity contribution in [2.75, 3.05) is 13.2 Å². The second kappa shape index (κ2) is 5.44. The largest absolute Gasteiger partial charge is 0.381 e. The van der Waals surface area contributed by atoms with Crippen molar-refractivity contribution in [1.82, 2.24) is 20.4 Å². The predicted molar refractivity (Wildman–Crippen MR) is 77.6 cm³/mol. The van der Waals surface area contributed by atoms with Crippen molar-refractivity contribution in [2.45, 2.75) is 37.1 Å². The molecule has 0 spiro atoms. The van der Waals surface area contributed by atoms with E-state index >= 15 is 0 Å². The van der Waals surface area contributed by atoms with E-state index in [0.29, 0.717) is 42.7 Å². The average molecular weight is 320 g/mol. The van der Waals surface area contributed by atoms with Crippen LogP contribution >= 0.6 is 11.3 Å². The van der Waals surface area contributed by atoms with Crippen molar-refractivity contribution in [2.24, 2.45) is 0 Å². The molecule has 1 N–H and O–H groups in total. The van der Waals surface area contributed by atoms with Crippen LogP contribution in [0.15, 0.2) is 17.1 Å². The summed E-state index contributed by atoms with van der Waals surface area (Å²) in [4.78, 5) is 21.7. The topological polar surface area (TPSA) is 90.1 Å². The first kappa shape index (κ1) is 13.8. The molecule has 0 radical (unpaired) electrons. The highest BCUT2D eigenvalue weighted by Crippen LogP contribution is 2.42. The van der Waals surface area contributed by atoms with Crippen LogP contribution in [0, 0.1) is 0 Å². The number of carbonyl (C=O) groups is 1. The van der Waals surface area contributed by atoms with E-state index in [0.717, 1.165) is 5.01 Å². The maximum absolute atomic E-state index is 12.6. The Balaban J connectivity index is 1.56. The first-order valence-corrected chi connectivity index (χ1v) is 8.21. The van der Waals surface area contributed by atoms with Gasteiger partial charge in [-0.05, 0) is 12.8 Å². The number of amides is 1. The van der Waals surface area contributed by atoms with Crippen LogP contribution in [0.2, 0.25) is 0 Å². The van der Waals surface area contributed by atoms with Crippen molar-refractivity contribution >= 4 is 17.2 Å². The molecule has 1 aliphatic carbocycles. The molecular weight excluding hydrogens is 304 g/mol. The molecule has 2 aromatic rings. The number of aromatic nitrogens is 3. The first-order chi connectivity index (χ1) is 10.8. The van der Waals surface area contributed by atoms with E-state index in [2.05, 4.69) is 20.4 Å². The van der Waals surface area contributed by atoms with Crippen molar-refractivity contribution < 1.29 is 14.1 Å². The maximum atomic E-state index is 12.6. The molecule has 8 heteroatoms. The van der Waals surface area contributed by atoms with E-state index in [1.165, 1.54) is 30.6 Å². The van der Waals surface area contributed by atoms with Crippen molar-refractivity contribution in [3.8, 4) is 0 Å². The molecule has 0 aromatic carbocycles. The number of thiazole rings is 1. The summed E-state index contributed by atoms with van der Waals surface area (Å²) in [6, 6.07) is 0. The van der Waals surface area contributed by atoms with Crippen molar-refractivity contribution in [1.29, 1.82) is 0 Å². The third kappa shape index (κ3) is 2.52. The Kier molecular flexibility index (Phi) is 3.42. The van der Waals surface area contributed by atoms with Crippen LogP contribution in [-0.4, -0.2) is 34.2 Å². The lowest BCUT2D eigenvalue weighted by atomic mass is 9.89. The first-order valence-electron chi connectivity index (χ1n) is 7.40. The molecule has 1 aliphatic heterocycles. The zero-order chi connectivity index (χ0) is 15.0. The number of ether oxygens (including phenoxy) is 1. The zero-order valence-corrected chi connectivity index (χ0v) is 12.8. The van der Waals surface area contributed by atoms with Gasteiger partial charge in [0.15, 0.2) is 5.82 Å². The average Bonchev–Trinajstić information content (AvgIpc) is 3.06. The van der Waals surface area contributed by atoms with Gasteiger partial charge in [-0.15, -0.1) is 11.3 Å². The van der Waals surface area contributed by atoms with E-state index in [1.54, 1.807) is 6.20 Å². The Labute approximate surface area is 131 Å². The summed E-state index contributed by atoms with van der Waals surface area (Å²) in [6.45, 7) is 1.12. The number of rotatable bonds is 4. The van der Waals surface area contributed by atoms with Gasteiger partial charge in [0.2, 0.25) is 6.39 Å². The van der Waals surface area contributed by atoms with Gasteiger partial charge in [-0.2, -0.15) is 4.98 Å². The lowest BCUT2D eigenvalue weighted by Crippen LogP contribution is -2.50. The van der Waals surface area contributed by atoms with Crippen molar-refractivity contribution in [3.05, 3.63) is 28.3 Å². The molecule has 1 saturated heterocycles. The van der Waals surface area contributed by atoms with Crippen LogP contribution in [0.4, 0.5) is 0 Å². The third-order valence-corrected chi connectivity index (χ3v) is 5.32. The minimum atomic E-state index is -0.619. The molecule has 4 rings (SSSR count). The van der Waals surface area contributed by atoms with Crippen LogP contribution in [0.25, 0.3) is 0 Å².